The van der Waals surface area contributed by atoms with E-state index in [1.165, 1.54) is 25.8 Å². The number of ether oxygens (including phenoxy) is 1. The lowest BCUT2D eigenvalue weighted by atomic mass is 10.1. The van der Waals surface area contributed by atoms with Crippen LogP contribution in [-0.4, -0.2) is 31.3 Å². The molecule has 7 nitrogen and oxygen atoms in total. The van der Waals surface area contributed by atoms with E-state index in [4.69, 9.17) is 16.3 Å². The smallest absolute Gasteiger partial charge is 0.328 e. The van der Waals surface area contributed by atoms with Gasteiger partial charge >= 0.3 is 5.97 Å². The van der Waals surface area contributed by atoms with Gasteiger partial charge in [0.25, 0.3) is 0 Å². The van der Waals surface area contributed by atoms with Gasteiger partial charge in [0.15, 0.2) is 0 Å². The molecule has 2 rings (SSSR count). The predicted octanol–water partition coefficient (Wildman–Crippen LogP) is 1.57. The second-order valence-corrected chi connectivity index (χ2v) is 6.83. The predicted molar refractivity (Wildman–Crippen MR) is 84.5 cm³/mol. The summed E-state index contributed by atoms with van der Waals surface area (Å²) >= 11 is 6.01. The molecule has 23 heavy (non-hydrogen) atoms. The van der Waals surface area contributed by atoms with Gasteiger partial charge in [-0.05, 0) is 12.5 Å². The first-order valence-electron chi connectivity index (χ1n) is 6.62. The first-order valence-corrected chi connectivity index (χ1v) is 8.48. The SMILES string of the molecule is COC(=O)[C@H](NS(=O)(=O)c1c(C)nn(C)c1Cl)c1ccccc1. The minimum absolute atomic E-state index is 0.0355. The molecule has 0 bridgehead atoms. The van der Waals surface area contributed by atoms with Gasteiger partial charge < -0.3 is 4.74 Å². The van der Waals surface area contributed by atoms with E-state index >= 15 is 0 Å². The average Bonchev–Trinajstić information content (AvgIpc) is 2.78. The lowest BCUT2D eigenvalue weighted by molar-refractivity contribution is -0.142. The molecule has 124 valence electrons. The van der Waals surface area contributed by atoms with Crippen molar-refractivity contribution in [2.24, 2.45) is 7.05 Å². The monoisotopic (exact) mass is 357 g/mol. The van der Waals surface area contributed by atoms with Gasteiger partial charge in [-0.15, -0.1) is 0 Å². The first-order chi connectivity index (χ1) is 10.8. The van der Waals surface area contributed by atoms with Crippen molar-refractivity contribution in [1.82, 2.24) is 14.5 Å². The Morgan fingerprint density at radius 3 is 2.43 bits per heavy atom. The van der Waals surface area contributed by atoms with Gasteiger partial charge in [-0.1, -0.05) is 41.9 Å². The number of aromatic nitrogens is 2. The molecule has 2 aromatic rings. The van der Waals surface area contributed by atoms with E-state index in [1.54, 1.807) is 30.3 Å². The summed E-state index contributed by atoms with van der Waals surface area (Å²) in [7, 11) is -1.35. The highest BCUT2D eigenvalue weighted by atomic mass is 35.5. The summed E-state index contributed by atoms with van der Waals surface area (Å²) in [4.78, 5) is 11.8. The molecule has 0 unspecified atom stereocenters. The summed E-state index contributed by atoms with van der Waals surface area (Å²) in [5.74, 6) is -0.725. The summed E-state index contributed by atoms with van der Waals surface area (Å²) in [5.41, 5.74) is 0.697. The Balaban J connectivity index is 2.45. The van der Waals surface area contributed by atoms with Crippen LogP contribution in [0.15, 0.2) is 35.2 Å². The van der Waals surface area contributed by atoms with Crippen molar-refractivity contribution in [3.8, 4) is 0 Å². The number of sulfonamides is 1. The maximum atomic E-state index is 12.6. The summed E-state index contributed by atoms with van der Waals surface area (Å²) in [6.45, 7) is 1.52. The fraction of sp³-hybridized carbons (Fsp3) is 0.286. The Kier molecular flexibility index (Phi) is 5.08. The average molecular weight is 358 g/mol. The molecular formula is C14H16ClN3O4S. The Hall–Kier alpha value is -1.90. The number of halogens is 1. The lowest BCUT2D eigenvalue weighted by Crippen LogP contribution is -2.34. The fourth-order valence-electron chi connectivity index (χ4n) is 2.15. The molecule has 0 aliphatic carbocycles. The Bertz CT molecular complexity index is 818. The highest BCUT2D eigenvalue weighted by molar-refractivity contribution is 7.89. The highest BCUT2D eigenvalue weighted by Gasteiger charge is 2.32. The van der Waals surface area contributed by atoms with Crippen LogP contribution in [0.4, 0.5) is 0 Å². The number of hydrogen-bond donors (Lipinski definition) is 1. The second-order valence-electron chi connectivity index (χ2n) is 4.82. The zero-order valence-electron chi connectivity index (χ0n) is 12.8. The molecular weight excluding hydrogens is 342 g/mol. The minimum Gasteiger partial charge on any atom is -0.468 e. The van der Waals surface area contributed by atoms with Crippen molar-refractivity contribution in [1.29, 1.82) is 0 Å². The van der Waals surface area contributed by atoms with Crippen molar-refractivity contribution < 1.29 is 17.9 Å². The molecule has 9 heteroatoms. The number of nitrogens with one attached hydrogen (secondary N) is 1. The first kappa shape index (κ1) is 17.5. The van der Waals surface area contributed by atoms with Gasteiger partial charge in [-0.25, -0.2) is 13.2 Å². The third-order valence-corrected chi connectivity index (χ3v) is 5.33. The molecule has 0 saturated heterocycles. The zero-order chi connectivity index (χ0) is 17.2. The van der Waals surface area contributed by atoms with Gasteiger partial charge in [0.1, 0.15) is 16.1 Å². The summed E-state index contributed by atoms with van der Waals surface area (Å²) in [6, 6.07) is 7.23. The molecule has 1 N–H and O–H groups in total. The van der Waals surface area contributed by atoms with E-state index in [-0.39, 0.29) is 15.7 Å². The molecule has 1 heterocycles. The van der Waals surface area contributed by atoms with Gasteiger partial charge in [0, 0.05) is 7.05 Å². The van der Waals surface area contributed by atoms with E-state index in [0.29, 0.717) is 5.56 Å². The Labute approximate surface area is 139 Å². The molecule has 0 saturated carbocycles. The fourth-order valence-corrected chi connectivity index (χ4v) is 4.07. The summed E-state index contributed by atoms with van der Waals surface area (Å²) in [6.07, 6.45) is 0. The molecule has 1 aromatic carbocycles. The molecule has 1 atom stereocenters. The number of carbonyl (C=O) groups excluding carboxylic acids is 1. The van der Waals surface area contributed by atoms with Crippen LogP contribution in [0, 0.1) is 6.92 Å². The molecule has 0 fully saturated rings. The number of carbonyl (C=O) groups is 1. The molecule has 0 aliphatic heterocycles. The normalized spacial score (nSPS) is 12.9. The van der Waals surface area contributed by atoms with E-state index in [0.717, 1.165) is 0 Å². The van der Waals surface area contributed by atoms with E-state index in [2.05, 4.69) is 9.82 Å². The van der Waals surface area contributed by atoms with Crippen LogP contribution in [0.5, 0.6) is 0 Å². The Morgan fingerprint density at radius 1 is 1.35 bits per heavy atom. The third-order valence-electron chi connectivity index (χ3n) is 3.21. The maximum absolute atomic E-state index is 12.6. The van der Waals surface area contributed by atoms with Crippen molar-refractivity contribution in [2.45, 2.75) is 17.9 Å². The van der Waals surface area contributed by atoms with E-state index in [9.17, 15) is 13.2 Å². The van der Waals surface area contributed by atoms with Crippen LogP contribution in [0.2, 0.25) is 5.15 Å². The van der Waals surface area contributed by atoms with Gasteiger partial charge in [0.05, 0.1) is 12.8 Å². The van der Waals surface area contributed by atoms with Crippen LogP contribution in [0.25, 0.3) is 0 Å². The second kappa shape index (κ2) is 6.69. The largest absolute Gasteiger partial charge is 0.468 e. The van der Waals surface area contributed by atoms with Crippen LogP contribution in [0.1, 0.15) is 17.3 Å². The summed E-state index contributed by atoms with van der Waals surface area (Å²) in [5, 5.41) is 3.94. The molecule has 1 aromatic heterocycles. The number of benzene rings is 1. The van der Waals surface area contributed by atoms with Gasteiger partial charge in [-0.3, -0.25) is 4.68 Å². The molecule has 0 radical (unpaired) electrons. The minimum atomic E-state index is -4.07. The topological polar surface area (TPSA) is 90.3 Å². The van der Waals surface area contributed by atoms with E-state index in [1.807, 2.05) is 0 Å². The van der Waals surface area contributed by atoms with Crippen molar-refractivity contribution >= 4 is 27.6 Å². The molecule has 0 aliphatic rings. The number of aryl methyl sites for hydroxylation is 2. The van der Waals surface area contributed by atoms with Crippen LogP contribution >= 0.6 is 11.6 Å². The number of methoxy groups -OCH3 is 1. The van der Waals surface area contributed by atoms with Gasteiger partial charge in [-0.2, -0.15) is 9.82 Å². The maximum Gasteiger partial charge on any atom is 0.328 e. The third kappa shape index (κ3) is 3.54. The quantitative estimate of drug-likeness (QED) is 0.820. The van der Waals surface area contributed by atoms with E-state index < -0.39 is 22.0 Å². The number of hydrogen-bond acceptors (Lipinski definition) is 5. The lowest BCUT2D eigenvalue weighted by Gasteiger charge is -2.17. The number of rotatable bonds is 5. The van der Waals surface area contributed by atoms with Gasteiger partial charge in [0.2, 0.25) is 10.0 Å². The highest BCUT2D eigenvalue weighted by Crippen LogP contribution is 2.26. The van der Waals surface area contributed by atoms with Crippen molar-refractivity contribution in [3.63, 3.8) is 0 Å². The standard InChI is InChI=1S/C14H16ClN3O4S/c1-9-12(13(15)18(2)16-9)23(20,21)17-11(14(19)22-3)10-7-5-4-6-8-10/h4-8,11,17H,1-3H3/t11-/m1/s1. The zero-order valence-corrected chi connectivity index (χ0v) is 14.4. The van der Waals surface area contributed by atoms with Crippen LogP contribution < -0.4 is 4.72 Å². The summed E-state index contributed by atoms with van der Waals surface area (Å²) < 4.78 is 33.5. The van der Waals surface area contributed by atoms with Crippen molar-refractivity contribution in [2.75, 3.05) is 7.11 Å². The van der Waals surface area contributed by atoms with Crippen molar-refractivity contribution in [3.05, 3.63) is 46.7 Å². The molecule has 0 amide bonds. The number of esters is 1. The Morgan fingerprint density at radius 2 is 1.96 bits per heavy atom. The van der Waals surface area contributed by atoms with Crippen LogP contribution in [0.3, 0.4) is 0 Å². The van der Waals surface area contributed by atoms with Crippen LogP contribution in [-0.2, 0) is 26.6 Å². The molecule has 0 spiro atoms. The number of nitrogens with zero attached hydrogens (tertiary/aromatic N) is 2.